The standard InChI is InChI=1S/C22H24ClFN4O3/c1-4-11-27-21(29)26-20(25-17-9-10-19(18(24)12-17)31-14(2)3)28(22(27)30)13-15-5-7-16(23)8-6-15/h5-10,12,14H,4,11,13H2,1-3H3,(H,25,26,29). The van der Waals surface area contributed by atoms with Crippen LogP contribution in [0.15, 0.2) is 52.1 Å². The first-order valence-corrected chi connectivity index (χ1v) is 10.4. The van der Waals surface area contributed by atoms with Gasteiger partial charge in [0.1, 0.15) is 0 Å². The maximum Gasteiger partial charge on any atom is 0.354 e. The second-order valence-corrected chi connectivity index (χ2v) is 7.74. The van der Waals surface area contributed by atoms with Crippen molar-refractivity contribution < 1.29 is 9.13 Å². The van der Waals surface area contributed by atoms with Crippen LogP contribution in [0.5, 0.6) is 5.75 Å². The van der Waals surface area contributed by atoms with Gasteiger partial charge in [0.15, 0.2) is 11.6 Å². The molecule has 0 saturated heterocycles. The van der Waals surface area contributed by atoms with E-state index in [9.17, 15) is 14.0 Å². The van der Waals surface area contributed by atoms with E-state index in [-0.39, 0.29) is 30.9 Å². The van der Waals surface area contributed by atoms with Gasteiger partial charge in [-0.15, -0.1) is 0 Å². The predicted molar refractivity (Wildman–Crippen MR) is 119 cm³/mol. The Balaban J connectivity index is 2.02. The van der Waals surface area contributed by atoms with Crippen molar-refractivity contribution in [1.29, 1.82) is 0 Å². The summed E-state index contributed by atoms with van der Waals surface area (Å²) in [5.41, 5.74) is -0.0376. The van der Waals surface area contributed by atoms with Crippen LogP contribution in [0.25, 0.3) is 0 Å². The number of ether oxygens (including phenoxy) is 1. The summed E-state index contributed by atoms with van der Waals surface area (Å²) in [5, 5.41) is 3.47. The molecule has 0 aliphatic heterocycles. The summed E-state index contributed by atoms with van der Waals surface area (Å²) in [5.74, 6) is -0.427. The first-order chi connectivity index (χ1) is 14.8. The minimum Gasteiger partial charge on any atom is -0.488 e. The molecule has 2 aromatic carbocycles. The van der Waals surface area contributed by atoms with Gasteiger partial charge in [0.25, 0.3) is 0 Å². The largest absolute Gasteiger partial charge is 0.488 e. The van der Waals surface area contributed by atoms with E-state index < -0.39 is 17.2 Å². The summed E-state index contributed by atoms with van der Waals surface area (Å²) in [4.78, 5) is 29.5. The van der Waals surface area contributed by atoms with Crippen molar-refractivity contribution in [3.63, 3.8) is 0 Å². The van der Waals surface area contributed by atoms with Crippen molar-refractivity contribution in [2.75, 3.05) is 5.32 Å². The minimum absolute atomic E-state index is 0.0224. The van der Waals surface area contributed by atoms with Gasteiger partial charge in [-0.3, -0.25) is 4.57 Å². The van der Waals surface area contributed by atoms with Crippen LogP contribution in [-0.4, -0.2) is 20.2 Å². The molecule has 7 nitrogen and oxygen atoms in total. The molecule has 9 heteroatoms. The third kappa shape index (κ3) is 5.52. The molecule has 0 aliphatic rings. The minimum atomic E-state index is -0.665. The molecule has 0 spiro atoms. The van der Waals surface area contributed by atoms with E-state index in [1.165, 1.54) is 16.7 Å². The number of nitrogens with zero attached hydrogens (tertiary/aromatic N) is 3. The Hall–Kier alpha value is -3.13. The zero-order chi connectivity index (χ0) is 22.5. The highest BCUT2D eigenvalue weighted by atomic mass is 35.5. The summed E-state index contributed by atoms with van der Waals surface area (Å²) in [7, 11) is 0. The molecule has 1 N–H and O–H groups in total. The number of hydrogen-bond donors (Lipinski definition) is 1. The van der Waals surface area contributed by atoms with Crippen molar-refractivity contribution in [3.8, 4) is 5.75 Å². The van der Waals surface area contributed by atoms with E-state index >= 15 is 0 Å². The monoisotopic (exact) mass is 446 g/mol. The first-order valence-electron chi connectivity index (χ1n) is 9.97. The van der Waals surface area contributed by atoms with Gasteiger partial charge in [-0.1, -0.05) is 30.7 Å². The number of hydrogen-bond acceptors (Lipinski definition) is 5. The van der Waals surface area contributed by atoms with E-state index in [2.05, 4.69) is 10.3 Å². The summed E-state index contributed by atoms with van der Waals surface area (Å²) >= 11 is 5.95. The number of rotatable bonds is 8. The molecule has 164 valence electrons. The van der Waals surface area contributed by atoms with Crippen LogP contribution in [0.2, 0.25) is 5.02 Å². The molecule has 1 heterocycles. The zero-order valence-electron chi connectivity index (χ0n) is 17.6. The van der Waals surface area contributed by atoms with Gasteiger partial charge in [-0.2, -0.15) is 4.98 Å². The predicted octanol–water partition coefficient (Wildman–Crippen LogP) is 4.19. The molecule has 31 heavy (non-hydrogen) atoms. The van der Waals surface area contributed by atoms with Gasteiger partial charge in [-0.25, -0.2) is 18.5 Å². The molecule has 0 unspecified atom stereocenters. The zero-order valence-corrected chi connectivity index (χ0v) is 18.3. The van der Waals surface area contributed by atoms with Gasteiger partial charge < -0.3 is 10.1 Å². The molecule has 0 amide bonds. The normalized spacial score (nSPS) is 11.0. The number of anilines is 2. The Kier molecular flexibility index (Phi) is 7.12. The van der Waals surface area contributed by atoms with Crippen LogP contribution in [0, 0.1) is 5.82 Å². The quantitative estimate of drug-likeness (QED) is 0.561. The highest BCUT2D eigenvalue weighted by Gasteiger charge is 2.15. The van der Waals surface area contributed by atoms with Crippen molar-refractivity contribution in [3.05, 3.63) is 79.8 Å². The fraction of sp³-hybridized carbons (Fsp3) is 0.318. The van der Waals surface area contributed by atoms with Crippen molar-refractivity contribution >= 4 is 23.2 Å². The molecule has 0 radical (unpaired) electrons. The van der Waals surface area contributed by atoms with Gasteiger partial charge in [-0.05, 0) is 50.1 Å². The maximum atomic E-state index is 14.4. The second kappa shape index (κ2) is 9.78. The number of benzene rings is 2. The number of nitrogens with one attached hydrogen (secondary N) is 1. The molecule has 0 aliphatic carbocycles. The Morgan fingerprint density at radius 2 is 1.84 bits per heavy atom. The lowest BCUT2D eigenvalue weighted by Crippen LogP contribution is -2.42. The first kappa shape index (κ1) is 22.6. The van der Waals surface area contributed by atoms with E-state index in [1.807, 2.05) is 6.92 Å². The molecule has 0 fully saturated rings. The average molecular weight is 447 g/mol. The fourth-order valence-electron chi connectivity index (χ4n) is 3.01. The summed E-state index contributed by atoms with van der Waals surface area (Å²) < 4.78 is 22.2. The van der Waals surface area contributed by atoms with Crippen LogP contribution in [0.1, 0.15) is 32.8 Å². The van der Waals surface area contributed by atoms with Gasteiger partial charge >= 0.3 is 11.4 Å². The smallest absolute Gasteiger partial charge is 0.354 e. The van der Waals surface area contributed by atoms with Crippen LogP contribution in [-0.2, 0) is 13.1 Å². The molecule has 0 atom stereocenters. The van der Waals surface area contributed by atoms with Crippen LogP contribution < -0.4 is 21.4 Å². The second-order valence-electron chi connectivity index (χ2n) is 7.30. The Bertz CT molecular complexity index is 1170. The third-order valence-corrected chi connectivity index (χ3v) is 4.65. The Labute approximate surface area is 184 Å². The van der Waals surface area contributed by atoms with Crippen molar-refractivity contribution in [2.24, 2.45) is 0 Å². The molecular weight excluding hydrogens is 423 g/mol. The maximum absolute atomic E-state index is 14.4. The number of halogens is 2. The summed E-state index contributed by atoms with van der Waals surface area (Å²) in [6.45, 7) is 5.88. The average Bonchev–Trinajstić information content (AvgIpc) is 2.71. The fourth-order valence-corrected chi connectivity index (χ4v) is 3.14. The van der Waals surface area contributed by atoms with E-state index in [0.717, 1.165) is 10.1 Å². The molecule has 0 bridgehead atoms. The Morgan fingerprint density at radius 1 is 1.13 bits per heavy atom. The van der Waals surface area contributed by atoms with Gasteiger partial charge in [0.05, 0.1) is 12.6 Å². The number of aromatic nitrogens is 3. The lowest BCUT2D eigenvalue weighted by Gasteiger charge is -2.16. The molecule has 0 saturated carbocycles. The van der Waals surface area contributed by atoms with Crippen molar-refractivity contribution in [1.82, 2.24) is 14.1 Å². The molecule has 1 aromatic heterocycles. The van der Waals surface area contributed by atoms with Crippen LogP contribution in [0.4, 0.5) is 16.0 Å². The van der Waals surface area contributed by atoms with E-state index in [1.54, 1.807) is 44.2 Å². The molecular formula is C22H24ClFN4O3. The van der Waals surface area contributed by atoms with Gasteiger partial charge in [0, 0.05) is 23.3 Å². The van der Waals surface area contributed by atoms with Crippen LogP contribution in [0.3, 0.4) is 0 Å². The summed E-state index contributed by atoms with van der Waals surface area (Å²) in [6.07, 6.45) is 0.429. The van der Waals surface area contributed by atoms with Crippen LogP contribution >= 0.6 is 11.6 Å². The van der Waals surface area contributed by atoms with Crippen molar-refractivity contribution in [2.45, 2.75) is 46.4 Å². The molecule has 3 rings (SSSR count). The lowest BCUT2D eigenvalue weighted by atomic mass is 10.2. The SMILES string of the molecule is CCCn1c(=O)nc(Nc2ccc(OC(C)C)c(F)c2)n(Cc2ccc(Cl)cc2)c1=O. The highest BCUT2D eigenvalue weighted by molar-refractivity contribution is 6.30. The van der Waals surface area contributed by atoms with E-state index in [0.29, 0.717) is 17.1 Å². The summed E-state index contributed by atoms with van der Waals surface area (Å²) in [6, 6.07) is 11.3. The van der Waals surface area contributed by atoms with E-state index in [4.69, 9.17) is 16.3 Å². The Morgan fingerprint density at radius 3 is 2.45 bits per heavy atom. The molecule has 3 aromatic rings. The third-order valence-electron chi connectivity index (χ3n) is 4.40. The van der Waals surface area contributed by atoms with Gasteiger partial charge in [0.2, 0.25) is 5.95 Å². The topological polar surface area (TPSA) is 78.2 Å². The highest BCUT2D eigenvalue weighted by Crippen LogP contribution is 2.24. The lowest BCUT2D eigenvalue weighted by molar-refractivity contribution is 0.231.